The molecule has 94 valence electrons. The van der Waals surface area contributed by atoms with Crippen LogP contribution in [0.1, 0.15) is 46.5 Å². The van der Waals surface area contributed by atoms with Gasteiger partial charge in [0.15, 0.2) is 0 Å². The highest BCUT2D eigenvalue weighted by molar-refractivity contribution is 6.35. The Hall–Kier alpha value is -1.06. The third kappa shape index (κ3) is 7.26. The minimum Gasteiger partial charge on any atom is -0.348 e. The summed E-state index contributed by atoms with van der Waals surface area (Å²) >= 11 is 0. The molecule has 0 saturated carbocycles. The standard InChI is InChI=1S/C12H24N2O2/c1-4-6-7-8-13-11(15)12(16)14-9-10(3)5-2/h10H,4-9H2,1-3H3,(H,13,15)(H,14,16). The zero-order chi connectivity index (χ0) is 12.4. The predicted molar refractivity (Wildman–Crippen MR) is 65.0 cm³/mol. The van der Waals surface area contributed by atoms with Crippen molar-refractivity contribution >= 4 is 11.8 Å². The van der Waals surface area contributed by atoms with E-state index in [1.54, 1.807) is 0 Å². The predicted octanol–water partition coefficient (Wildman–Crippen LogP) is 1.46. The van der Waals surface area contributed by atoms with Gasteiger partial charge in [0.25, 0.3) is 0 Å². The Labute approximate surface area is 98.2 Å². The maximum atomic E-state index is 11.3. The number of carbonyl (C=O) groups is 2. The van der Waals surface area contributed by atoms with Crippen molar-refractivity contribution in [2.75, 3.05) is 13.1 Å². The summed E-state index contributed by atoms with van der Waals surface area (Å²) in [6.07, 6.45) is 4.12. The molecule has 4 nitrogen and oxygen atoms in total. The van der Waals surface area contributed by atoms with E-state index >= 15 is 0 Å². The number of rotatable bonds is 7. The normalized spacial score (nSPS) is 11.9. The lowest BCUT2D eigenvalue weighted by Gasteiger charge is -2.10. The second-order valence-corrected chi connectivity index (χ2v) is 4.19. The second-order valence-electron chi connectivity index (χ2n) is 4.19. The summed E-state index contributed by atoms with van der Waals surface area (Å²) in [4.78, 5) is 22.6. The Bertz CT molecular complexity index is 217. The van der Waals surface area contributed by atoms with Gasteiger partial charge in [-0.2, -0.15) is 0 Å². The lowest BCUT2D eigenvalue weighted by molar-refractivity contribution is -0.139. The zero-order valence-electron chi connectivity index (χ0n) is 10.6. The van der Waals surface area contributed by atoms with Gasteiger partial charge in [0.1, 0.15) is 0 Å². The molecule has 2 N–H and O–H groups in total. The molecule has 0 aromatic carbocycles. The van der Waals surface area contributed by atoms with Gasteiger partial charge in [-0.1, -0.05) is 40.0 Å². The van der Waals surface area contributed by atoms with Crippen molar-refractivity contribution in [2.24, 2.45) is 5.92 Å². The summed E-state index contributed by atoms with van der Waals surface area (Å²) < 4.78 is 0. The molecule has 0 aromatic rings. The van der Waals surface area contributed by atoms with Gasteiger partial charge < -0.3 is 10.6 Å². The van der Waals surface area contributed by atoms with E-state index in [0.717, 1.165) is 25.7 Å². The highest BCUT2D eigenvalue weighted by atomic mass is 16.2. The minimum atomic E-state index is -0.517. The fourth-order valence-corrected chi connectivity index (χ4v) is 1.15. The van der Waals surface area contributed by atoms with Gasteiger partial charge in [-0.3, -0.25) is 9.59 Å². The smallest absolute Gasteiger partial charge is 0.309 e. The van der Waals surface area contributed by atoms with Crippen LogP contribution in [0.25, 0.3) is 0 Å². The molecule has 0 aliphatic carbocycles. The molecule has 1 unspecified atom stereocenters. The highest BCUT2D eigenvalue weighted by Gasteiger charge is 2.12. The molecular formula is C12H24N2O2. The molecule has 16 heavy (non-hydrogen) atoms. The average Bonchev–Trinajstić information content (AvgIpc) is 2.30. The van der Waals surface area contributed by atoms with Crippen LogP contribution < -0.4 is 10.6 Å². The van der Waals surface area contributed by atoms with Crippen LogP contribution in [0, 0.1) is 5.92 Å². The fraction of sp³-hybridized carbons (Fsp3) is 0.833. The number of unbranched alkanes of at least 4 members (excludes halogenated alkanes) is 2. The molecule has 0 aliphatic rings. The third-order valence-electron chi connectivity index (χ3n) is 2.58. The maximum Gasteiger partial charge on any atom is 0.309 e. The van der Waals surface area contributed by atoms with Crippen molar-refractivity contribution in [2.45, 2.75) is 46.5 Å². The van der Waals surface area contributed by atoms with Gasteiger partial charge in [0, 0.05) is 13.1 Å². The summed E-state index contributed by atoms with van der Waals surface area (Å²) in [7, 11) is 0. The van der Waals surface area contributed by atoms with E-state index in [9.17, 15) is 9.59 Å². The summed E-state index contributed by atoms with van der Waals surface area (Å²) in [5.41, 5.74) is 0. The number of hydrogen-bond acceptors (Lipinski definition) is 2. The zero-order valence-corrected chi connectivity index (χ0v) is 10.6. The van der Waals surface area contributed by atoms with Crippen LogP contribution in [0.15, 0.2) is 0 Å². The first-order chi connectivity index (χ1) is 7.61. The molecule has 0 radical (unpaired) electrons. The highest BCUT2D eigenvalue weighted by Crippen LogP contribution is 1.96. The second kappa shape index (κ2) is 9.19. The van der Waals surface area contributed by atoms with Crippen LogP contribution in [0.2, 0.25) is 0 Å². The van der Waals surface area contributed by atoms with Gasteiger partial charge in [-0.15, -0.1) is 0 Å². The summed E-state index contributed by atoms with van der Waals surface area (Å²) in [5.74, 6) is -0.618. The average molecular weight is 228 g/mol. The first-order valence-electron chi connectivity index (χ1n) is 6.17. The SMILES string of the molecule is CCCCCNC(=O)C(=O)NCC(C)CC. The molecule has 0 heterocycles. The first-order valence-corrected chi connectivity index (χ1v) is 6.17. The van der Waals surface area contributed by atoms with Crippen molar-refractivity contribution in [1.82, 2.24) is 10.6 Å². The van der Waals surface area contributed by atoms with Crippen LogP contribution in [-0.2, 0) is 9.59 Å². The van der Waals surface area contributed by atoms with Crippen LogP contribution in [0.5, 0.6) is 0 Å². The number of carbonyl (C=O) groups excluding carboxylic acids is 2. The Morgan fingerprint density at radius 2 is 1.69 bits per heavy atom. The van der Waals surface area contributed by atoms with E-state index in [2.05, 4.69) is 24.5 Å². The Kier molecular flexibility index (Phi) is 8.58. The van der Waals surface area contributed by atoms with Gasteiger partial charge in [-0.05, 0) is 12.3 Å². The van der Waals surface area contributed by atoms with Crippen LogP contribution in [0.4, 0.5) is 0 Å². The molecule has 2 amide bonds. The van der Waals surface area contributed by atoms with Crippen molar-refractivity contribution in [1.29, 1.82) is 0 Å². The van der Waals surface area contributed by atoms with Crippen LogP contribution in [-0.4, -0.2) is 24.9 Å². The summed E-state index contributed by atoms with van der Waals surface area (Å²) in [6.45, 7) is 7.35. The van der Waals surface area contributed by atoms with Crippen molar-refractivity contribution in [3.05, 3.63) is 0 Å². The molecule has 0 aliphatic heterocycles. The summed E-state index contributed by atoms with van der Waals surface area (Å²) in [6, 6.07) is 0. The number of hydrogen-bond donors (Lipinski definition) is 2. The number of amides is 2. The van der Waals surface area contributed by atoms with Gasteiger partial charge in [-0.25, -0.2) is 0 Å². The van der Waals surface area contributed by atoms with Gasteiger partial charge in [0.2, 0.25) is 0 Å². The molecule has 1 atom stereocenters. The lowest BCUT2D eigenvalue weighted by atomic mass is 10.1. The van der Waals surface area contributed by atoms with Crippen molar-refractivity contribution < 1.29 is 9.59 Å². The topological polar surface area (TPSA) is 58.2 Å². The van der Waals surface area contributed by atoms with E-state index in [4.69, 9.17) is 0 Å². The molecule has 0 rings (SSSR count). The van der Waals surface area contributed by atoms with Crippen LogP contribution in [0.3, 0.4) is 0 Å². The van der Waals surface area contributed by atoms with Gasteiger partial charge in [0.05, 0.1) is 0 Å². The van der Waals surface area contributed by atoms with E-state index in [-0.39, 0.29) is 0 Å². The van der Waals surface area contributed by atoms with E-state index < -0.39 is 11.8 Å². The molecule has 0 saturated heterocycles. The Morgan fingerprint density at radius 1 is 1.06 bits per heavy atom. The van der Waals surface area contributed by atoms with Gasteiger partial charge >= 0.3 is 11.8 Å². The molecule has 4 heteroatoms. The molecular weight excluding hydrogens is 204 g/mol. The number of nitrogens with one attached hydrogen (secondary N) is 2. The van der Waals surface area contributed by atoms with Crippen molar-refractivity contribution in [3.8, 4) is 0 Å². The minimum absolute atomic E-state index is 0.414. The van der Waals surface area contributed by atoms with E-state index in [1.807, 2.05) is 6.92 Å². The fourth-order valence-electron chi connectivity index (χ4n) is 1.15. The van der Waals surface area contributed by atoms with E-state index in [1.165, 1.54) is 0 Å². The quantitative estimate of drug-likeness (QED) is 0.512. The van der Waals surface area contributed by atoms with Crippen LogP contribution >= 0.6 is 0 Å². The lowest BCUT2D eigenvalue weighted by Crippen LogP contribution is -2.41. The monoisotopic (exact) mass is 228 g/mol. The largest absolute Gasteiger partial charge is 0.348 e. The maximum absolute atomic E-state index is 11.3. The summed E-state index contributed by atoms with van der Waals surface area (Å²) in [5, 5.41) is 5.23. The third-order valence-corrected chi connectivity index (χ3v) is 2.58. The molecule has 0 bridgehead atoms. The Morgan fingerprint density at radius 3 is 2.25 bits per heavy atom. The molecule has 0 fully saturated rings. The van der Waals surface area contributed by atoms with Crippen molar-refractivity contribution in [3.63, 3.8) is 0 Å². The Balaban J connectivity index is 3.61. The molecule has 0 aromatic heterocycles. The first kappa shape index (κ1) is 14.9. The molecule has 0 spiro atoms. The van der Waals surface area contributed by atoms with E-state index in [0.29, 0.717) is 19.0 Å².